The highest BCUT2D eigenvalue weighted by atomic mass is 19.4. The first-order valence-electron chi connectivity index (χ1n) is 4.13. The summed E-state index contributed by atoms with van der Waals surface area (Å²) in [4.78, 5) is 0.738. The molecule has 0 aliphatic carbocycles. The van der Waals surface area contributed by atoms with Gasteiger partial charge in [0.2, 0.25) is 0 Å². The lowest BCUT2D eigenvalue weighted by molar-refractivity contribution is -0.145. The van der Waals surface area contributed by atoms with Gasteiger partial charge in [-0.2, -0.15) is 13.2 Å². The molecule has 0 aliphatic heterocycles. The number of benzene rings is 1. The Balaban J connectivity index is 2.35. The molecule has 0 aliphatic rings. The zero-order valence-electron chi connectivity index (χ0n) is 7.68. The highest BCUT2D eigenvalue weighted by Crippen LogP contribution is 2.25. The second kappa shape index (κ2) is 3.47. The van der Waals surface area contributed by atoms with Crippen LogP contribution in [0.25, 0.3) is 5.69 Å². The molecule has 1 N–H and O–H groups in total. The zero-order chi connectivity index (χ0) is 11.8. The van der Waals surface area contributed by atoms with E-state index in [1.54, 1.807) is 0 Å². The molecule has 1 heterocycles. The Morgan fingerprint density at radius 3 is 2.25 bits per heavy atom. The van der Waals surface area contributed by atoms with Gasteiger partial charge in [0.25, 0.3) is 5.82 Å². The van der Waals surface area contributed by atoms with Crippen LogP contribution in [0.15, 0.2) is 24.3 Å². The van der Waals surface area contributed by atoms with Crippen molar-refractivity contribution in [3.05, 3.63) is 30.1 Å². The van der Waals surface area contributed by atoms with Gasteiger partial charge in [-0.15, -0.1) is 15.0 Å². The Labute approximate surface area is 87.1 Å². The lowest BCUT2D eigenvalue weighted by Gasteiger charge is -1.99. The molecule has 8 heteroatoms. The van der Waals surface area contributed by atoms with Crippen LogP contribution < -0.4 is 0 Å². The number of tetrazole rings is 1. The average molecular weight is 230 g/mol. The van der Waals surface area contributed by atoms with E-state index in [4.69, 9.17) is 5.11 Å². The SMILES string of the molecule is Oc1ccc(-n2nnc(C(F)(F)F)n2)cc1. The summed E-state index contributed by atoms with van der Waals surface area (Å²) in [5.41, 5.74) is 0.279. The van der Waals surface area contributed by atoms with E-state index in [1.807, 2.05) is 0 Å². The van der Waals surface area contributed by atoms with E-state index in [1.165, 1.54) is 24.3 Å². The zero-order valence-corrected chi connectivity index (χ0v) is 7.68. The molecule has 0 radical (unpaired) electrons. The number of nitrogens with zero attached hydrogens (tertiary/aromatic N) is 4. The monoisotopic (exact) mass is 230 g/mol. The van der Waals surface area contributed by atoms with E-state index in [9.17, 15) is 13.2 Å². The molecular weight excluding hydrogens is 225 g/mol. The number of aromatic nitrogens is 4. The molecule has 0 unspecified atom stereocenters. The molecule has 0 amide bonds. The van der Waals surface area contributed by atoms with Crippen molar-refractivity contribution in [3.63, 3.8) is 0 Å². The Bertz CT molecular complexity index is 491. The molecule has 0 fully saturated rings. The van der Waals surface area contributed by atoms with Crippen LogP contribution in [0, 0.1) is 0 Å². The number of hydrogen-bond acceptors (Lipinski definition) is 4. The van der Waals surface area contributed by atoms with Crippen molar-refractivity contribution in [3.8, 4) is 11.4 Å². The van der Waals surface area contributed by atoms with E-state index in [2.05, 4.69) is 15.4 Å². The number of phenolic OH excluding ortho intramolecular Hbond substituents is 1. The number of hydrogen-bond donors (Lipinski definition) is 1. The van der Waals surface area contributed by atoms with Crippen molar-refractivity contribution in [1.29, 1.82) is 0 Å². The van der Waals surface area contributed by atoms with Crippen molar-refractivity contribution in [2.24, 2.45) is 0 Å². The van der Waals surface area contributed by atoms with Gasteiger partial charge in [0.05, 0.1) is 5.69 Å². The Morgan fingerprint density at radius 2 is 1.75 bits per heavy atom. The van der Waals surface area contributed by atoms with Crippen LogP contribution >= 0.6 is 0 Å². The summed E-state index contributed by atoms with van der Waals surface area (Å²) in [5, 5.41) is 18.3. The molecule has 0 saturated heterocycles. The quantitative estimate of drug-likeness (QED) is 0.803. The predicted molar refractivity (Wildman–Crippen MR) is 45.8 cm³/mol. The van der Waals surface area contributed by atoms with Gasteiger partial charge >= 0.3 is 6.18 Å². The van der Waals surface area contributed by atoms with E-state index in [0.717, 1.165) is 4.80 Å². The summed E-state index contributed by atoms with van der Waals surface area (Å²) in [6.45, 7) is 0. The first kappa shape index (κ1) is 10.4. The maximum absolute atomic E-state index is 12.2. The minimum Gasteiger partial charge on any atom is -0.508 e. The van der Waals surface area contributed by atoms with Crippen LogP contribution in [0.4, 0.5) is 13.2 Å². The van der Waals surface area contributed by atoms with Crippen molar-refractivity contribution < 1.29 is 18.3 Å². The van der Waals surface area contributed by atoms with Gasteiger partial charge in [0, 0.05) is 0 Å². The predicted octanol–water partition coefficient (Wildman–Crippen LogP) is 1.39. The van der Waals surface area contributed by atoms with E-state index in [0.29, 0.717) is 0 Å². The minimum atomic E-state index is -4.62. The van der Waals surface area contributed by atoms with E-state index in [-0.39, 0.29) is 11.4 Å². The average Bonchev–Trinajstić information content (AvgIpc) is 2.67. The maximum atomic E-state index is 12.2. The topological polar surface area (TPSA) is 63.8 Å². The lowest BCUT2D eigenvalue weighted by Crippen LogP contribution is -2.08. The van der Waals surface area contributed by atoms with Gasteiger partial charge < -0.3 is 5.11 Å². The van der Waals surface area contributed by atoms with Crippen molar-refractivity contribution in [1.82, 2.24) is 20.2 Å². The molecule has 1 aromatic heterocycles. The van der Waals surface area contributed by atoms with E-state index < -0.39 is 12.0 Å². The minimum absolute atomic E-state index is 0.0000832. The highest BCUT2D eigenvalue weighted by molar-refractivity contribution is 5.34. The van der Waals surface area contributed by atoms with Crippen LogP contribution in [0.5, 0.6) is 5.75 Å². The van der Waals surface area contributed by atoms with Gasteiger partial charge in [-0.05, 0) is 29.5 Å². The van der Waals surface area contributed by atoms with Crippen LogP contribution in [-0.4, -0.2) is 25.3 Å². The number of phenols is 1. The Morgan fingerprint density at radius 1 is 1.12 bits per heavy atom. The Kier molecular flexibility index (Phi) is 2.26. The van der Waals surface area contributed by atoms with Gasteiger partial charge in [0.15, 0.2) is 0 Å². The van der Waals surface area contributed by atoms with Crippen LogP contribution in [0.3, 0.4) is 0 Å². The van der Waals surface area contributed by atoms with Crippen LogP contribution in [0.1, 0.15) is 5.82 Å². The number of alkyl halides is 3. The largest absolute Gasteiger partial charge is 0.508 e. The van der Waals surface area contributed by atoms with Crippen molar-refractivity contribution in [2.45, 2.75) is 6.18 Å². The second-order valence-corrected chi connectivity index (χ2v) is 2.92. The Hall–Kier alpha value is -2.12. The highest BCUT2D eigenvalue weighted by Gasteiger charge is 2.36. The molecular formula is C8H5F3N4O. The summed E-state index contributed by atoms with van der Waals surface area (Å²) in [7, 11) is 0. The third-order valence-electron chi connectivity index (χ3n) is 1.75. The summed E-state index contributed by atoms with van der Waals surface area (Å²) in [6.07, 6.45) is -4.62. The maximum Gasteiger partial charge on any atom is 0.455 e. The molecule has 0 bridgehead atoms. The molecule has 0 atom stereocenters. The molecule has 84 valence electrons. The molecule has 0 saturated carbocycles. The van der Waals surface area contributed by atoms with Gasteiger partial charge in [-0.1, -0.05) is 0 Å². The van der Waals surface area contributed by atoms with E-state index >= 15 is 0 Å². The summed E-state index contributed by atoms with van der Waals surface area (Å²) in [5.74, 6) is -1.31. The summed E-state index contributed by atoms with van der Waals surface area (Å²) in [6, 6.07) is 5.37. The smallest absolute Gasteiger partial charge is 0.455 e. The standard InChI is InChI=1S/C8H5F3N4O/c9-8(10,11)7-12-14-15(13-7)5-1-3-6(16)4-2-5/h1-4,16H. The normalized spacial score (nSPS) is 11.7. The van der Waals surface area contributed by atoms with Crippen LogP contribution in [-0.2, 0) is 6.18 Å². The van der Waals surface area contributed by atoms with Gasteiger partial charge in [0.1, 0.15) is 5.75 Å². The summed E-state index contributed by atoms with van der Waals surface area (Å²) < 4.78 is 36.5. The number of rotatable bonds is 1. The first-order valence-corrected chi connectivity index (χ1v) is 4.13. The summed E-state index contributed by atoms with van der Waals surface area (Å²) >= 11 is 0. The molecule has 0 spiro atoms. The molecule has 16 heavy (non-hydrogen) atoms. The molecule has 2 aromatic rings. The molecule has 5 nitrogen and oxygen atoms in total. The fourth-order valence-electron chi connectivity index (χ4n) is 1.02. The van der Waals surface area contributed by atoms with Crippen molar-refractivity contribution in [2.75, 3.05) is 0 Å². The molecule has 1 aromatic carbocycles. The van der Waals surface area contributed by atoms with Crippen molar-refractivity contribution >= 4 is 0 Å². The number of aromatic hydroxyl groups is 1. The number of halogens is 3. The van der Waals surface area contributed by atoms with Crippen LogP contribution in [0.2, 0.25) is 0 Å². The second-order valence-electron chi connectivity index (χ2n) is 2.92. The third kappa shape index (κ3) is 1.95. The lowest BCUT2D eigenvalue weighted by atomic mass is 10.3. The fraction of sp³-hybridized carbons (Fsp3) is 0.125. The molecule has 2 rings (SSSR count). The first-order chi connectivity index (χ1) is 7.47. The third-order valence-corrected chi connectivity index (χ3v) is 1.75. The fourth-order valence-corrected chi connectivity index (χ4v) is 1.02. The van der Waals surface area contributed by atoms with Gasteiger partial charge in [-0.3, -0.25) is 0 Å². The van der Waals surface area contributed by atoms with Gasteiger partial charge in [-0.25, -0.2) is 0 Å².